The van der Waals surface area contributed by atoms with E-state index in [0.717, 1.165) is 0 Å². The van der Waals surface area contributed by atoms with Crippen molar-refractivity contribution in [2.75, 3.05) is 0 Å². The Bertz CT molecular complexity index is 10.0. The van der Waals surface area contributed by atoms with E-state index in [1.807, 2.05) is 0 Å². The smallest absolute Gasteiger partial charge is 1.00 e. The van der Waals surface area contributed by atoms with Gasteiger partial charge in [-0.15, -0.1) is 0 Å². The fraction of sp³-hybridized carbons (Fsp3) is 0. The molecule has 0 saturated heterocycles. The molecule has 10 heavy (non-hydrogen) atoms. The van der Waals surface area contributed by atoms with Crippen LogP contribution in [0.2, 0.25) is 0 Å². The van der Waals surface area contributed by atoms with Gasteiger partial charge in [-0.25, -0.2) is 0 Å². The monoisotopic (exact) mass is 749 g/mol. The molecule has 0 N–H and O–H groups in total. The van der Waals surface area contributed by atoms with E-state index in [9.17, 15) is 0 Å². The van der Waals surface area contributed by atoms with Gasteiger partial charge in [0.25, 0.3) is 0 Å². The molecule has 0 bridgehead atoms. The van der Waals surface area contributed by atoms with Crippen molar-refractivity contribution in [2.24, 2.45) is 0 Å². The zero-order valence-corrected chi connectivity index (χ0v) is 27.7. The number of halogens is 5. The first-order valence-corrected chi connectivity index (χ1v) is 0. The maximum Gasteiger partial charge on any atom is 1.00 e. The minimum atomic E-state index is 0. The molecular formula is I5Na5. The Hall–Kier alpha value is 8.65. The summed E-state index contributed by atoms with van der Waals surface area (Å²) in [5, 5.41) is 0. The predicted octanol–water partition coefficient (Wildman–Crippen LogP) is -30.0. The molecule has 0 fully saturated rings. The Balaban J connectivity index is 0. The topological polar surface area (TPSA) is 0 Å². The fourth-order valence-electron chi connectivity index (χ4n) is 0. The van der Waals surface area contributed by atoms with E-state index >= 15 is 0 Å². The van der Waals surface area contributed by atoms with Crippen LogP contribution in [-0.4, -0.2) is 0 Å². The van der Waals surface area contributed by atoms with E-state index in [-0.39, 0.29) is 268 Å². The Morgan fingerprint density at radius 3 is 0.200 bits per heavy atom. The molecule has 0 spiro atoms. The maximum atomic E-state index is 0. The molecule has 0 amide bonds. The van der Waals surface area contributed by atoms with Crippen molar-refractivity contribution in [3.8, 4) is 0 Å². The molecule has 0 aliphatic heterocycles. The summed E-state index contributed by atoms with van der Waals surface area (Å²) in [5.74, 6) is 0. The van der Waals surface area contributed by atoms with Crippen LogP contribution in [0.4, 0.5) is 0 Å². The summed E-state index contributed by atoms with van der Waals surface area (Å²) >= 11 is 0. The molecule has 0 nitrogen and oxygen atoms in total. The van der Waals surface area contributed by atoms with Crippen LogP contribution in [0.1, 0.15) is 0 Å². The van der Waals surface area contributed by atoms with Crippen LogP contribution in [0, 0.1) is 0 Å². The van der Waals surface area contributed by atoms with Gasteiger partial charge in [0.2, 0.25) is 0 Å². The van der Waals surface area contributed by atoms with Crippen LogP contribution >= 0.6 is 0 Å². The van der Waals surface area contributed by atoms with Gasteiger partial charge in [0.05, 0.1) is 0 Å². The number of rotatable bonds is 0. The molecule has 0 aliphatic rings. The minimum Gasteiger partial charge on any atom is -1.00 e. The minimum absolute atomic E-state index is 0. The standard InChI is InChI=1S/5HI.5Na/h5*1H;;;;;/q;;;;;5*+1/p-5. The van der Waals surface area contributed by atoms with E-state index in [1.54, 1.807) is 0 Å². The molecule has 0 aromatic carbocycles. The van der Waals surface area contributed by atoms with Gasteiger partial charge in [-0.05, 0) is 0 Å². The first kappa shape index (κ1) is 77.6. The molecule has 0 atom stereocenters. The van der Waals surface area contributed by atoms with E-state index in [0.29, 0.717) is 0 Å². The summed E-state index contributed by atoms with van der Waals surface area (Å²) < 4.78 is 0. The molecule has 10 heteroatoms. The van der Waals surface area contributed by atoms with Gasteiger partial charge in [0.1, 0.15) is 0 Å². The number of hydrogen-bond acceptors (Lipinski definition) is 0. The average molecular weight is 749 g/mol. The second kappa shape index (κ2) is 65.4. The first-order chi connectivity index (χ1) is 0. The van der Waals surface area contributed by atoms with Crippen LogP contribution in [0.15, 0.2) is 0 Å². The summed E-state index contributed by atoms with van der Waals surface area (Å²) in [7, 11) is 0. The van der Waals surface area contributed by atoms with E-state index in [1.165, 1.54) is 0 Å². The average Bonchev–Trinajstić information content (AvgIpc) is 0. The van der Waals surface area contributed by atoms with Crippen LogP contribution in [-0.2, 0) is 0 Å². The first-order valence-electron chi connectivity index (χ1n) is 0. The summed E-state index contributed by atoms with van der Waals surface area (Å²) in [6.45, 7) is 0. The van der Waals surface area contributed by atoms with Crippen molar-refractivity contribution in [3.63, 3.8) is 0 Å². The summed E-state index contributed by atoms with van der Waals surface area (Å²) in [5.41, 5.74) is 0. The van der Waals surface area contributed by atoms with E-state index in [4.69, 9.17) is 0 Å². The van der Waals surface area contributed by atoms with Gasteiger partial charge in [-0.2, -0.15) is 0 Å². The molecule has 40 valence electrons. The van der Waals surface area contributed by atoms with Gasteiger partial charge >= 0.3 is 148 Å². The SMILES string of the molecule is [I-].[I-].[I-].[I-].[I-].[Na+].[Na+].[Na+].[Na+].[Na+]. The third-order valence-corrected chi connectivity index (χ3v) is 0. The second-order valence-corrected chi connectivity index (χ2v) is 0. The molecule has 0 saturated carbocycles. The quantitative estimate of drug-likeness (QED) is 0.171. The second-order valence-electron chi connectivity index (χ2n) is 0. The maximum absolute atomic E-state index is 0. The van der Waals surface area contributed by atoms with Crippen molar-refractivity contribution < 1.29 is 268 Å². The summed E-state index contributed by atoms with van der Waals surface area (Å²) in [6, 6.07) is 0. The van der Waals surface area contributed by atoms with Crippen LogP contribution in [0.5, 0.6) is 0 Å². The van der Waals surface area contributed by atoms with Gasteiger partial charge in [-0.3, -0.25) is 0 Å². The number of hydrogen-bond donors (Lipinski definition) is 0. The molecule has 0 aromatic heterocycles. The Kier molecular flexibility index (Phi) is 508. The van der Waals surface area contributed by atoms with Crippen molar-refractivity contribution in [1.82, 2.24) is 0 Å². The molecule has 0 radical (unpaired) electrons. The third-order valence-electron chi connectivity index (χ3n) is 0. The van der Waals surface area contributed by atoms with E-state index in [2.05, 4.69) is 0 Å². The largest absolute Gasteiger partial charge is 1.00 e. The van der Waals surface area contributed by atoms with Gasteiger partial charge in [0.15, 0.2) is 0 Å². The Morgan fingerprint density at radius 1 is 0.200 bits per heavy atom. The Morgan fingerprint density at radius 2 is 0.200 bits per heavy atom. The van der Waals surface area contributed by atoms with Crippen LogP contribution in [0.25, 0.3) is 0 Å². The fourth-order valence-corrected chi connectivity index (χ4v) is 0. The van der Waals surface area contributed by atoms with Gasteiger partial charge in [-0.1, -0.05) is 0 Å². The zero-order valence-electron chi connectivity index (χ0n) is 6.89. The molecular weight excluding hydrogens is 749 g/mol. The molecule has 0 aliphatic carbocycles. The van der Waals surface area contributed by atoms with Gasteiger partial charge < -0.3 is 120 Å². The van der Waals surface area contributed by atoms with Crippen LogP contribution in [0.3, 0.4) is 0 Å². The summed E-state index contributed by atoms with van der Waals surface area (Å²) in [4.78, 5) is 0. The molecule has 0 unspecified atom stereocenters. The van der Waals surface area contributed by atoms with Crippen molar-refractivity contribution in [1.29, 1.82) is 0 Å². The van der Waals surface area contributed by atoms with Crippen LogP contribution < -0.4 is 268 Å². The predicted molar refractivity (Wildman–Crippen MR) is 0 cm³/mol. The van der Waals surface area contributed by atoms with E-state index < -0.39 is 0 Å². The normalized spacial score (nSPS) is 0. The van der Waals surface area contributed by atoms with Crippen molar-refractivity contribution in [3.05, 3.63) is 0 Å². The molecule has 0 aromatic rings. The third kappa shape index (κ3) is 54.5. The van der Waals surface area contributed by atoms with Gasteiger partial charge in [0, 0.05) is 0 Å². The van der Waals surface area contributed by atoms with Crippen molar-refractivity contribution in [2.45, 2.75) is 0 Å². The molecule has 0 heterocycles. The Labute approximate surface area is 259 Å². The molecule has 0 rings (SSSR count). The summed E-state index contributed by atoms with van der Waals surface area (Å²) in [6.07, 6.45) is 0. The zero-order chi connectivity index (χ0) is 0. The van der Waals surface area contributed by atoms with Crippen molar-refractivity contribution >= 4 is 0 Å².